The van der Waals surface area contributed by atoms with Gasteiger partial charge in [0.05, 0.1) is 17.9 Å². The largest absolute Gasteiger partial charge is 0.387 e. The summed E-state index contributed by atoms with van der Waals surface area (Å²) < 4.78 is 32.4. The first-order valence-electron chi connectivity index (χ1n) is 20.0. The summed E-state index contributed by atoms with van der Waals surface area (Å²) in [7, 11) is -4.35. The van der Waals surface area contributed by atoms with Crippen LogP contribution in [0.25, 0.3) is 0 Å². The van der Waals surface area contributed by atoms with Crippen molar-refractivity contribution in [2.75, 3.05) is 5.75 Å². The van der Waals surface area contributed by atoms with Crippen LogP contribution in [0.1, 0.15) is 206 Å². The smallest absolute Gasteiger partial charge is 0.267 e. The van der Waals surface area contributed by atoms with E-state index in [1.165, 1.54) is 154 Å². The van der Waals surface area contributed by atoms with Crippen molar-refractivity contribution < 1.29 is 22.9 Å². The van der Waals surface area contributed by atoms with Crippen molar-refractivity contribution in [3.63, 3.8) is 0 Å². The van der Waals surface area contributed by atoms with Crippen LogP contribution < -0.4 is 5.32 Å². The number of aliphatic hydroxyl groups excluding tert-OH is 1. The predicted octanol–water partition coefficient (Wildman–Crippen LogP) is 11.6. The van der Waals surface area contributed by atoms with Gasteiger partial charge in [-0.25, -0.2) is 0 Å². The van der Waals surface area contributed by atoms with Crippen molar-refractivity contribution in [1.82, 2.24) is 5.32 Å². The zero-order valence-corrected chi connectivity index (χ0v) is 31.7. The quantitative estimate of drug-likeness (QED) is 0.0346. The van der Waals surface area contributed by atoms with E-state index in [4.69, 9.17) is 0 Å². The first-order valence-corrected chi connectivity index (χ1v) is 21.6. The van der Waals surface area contributed by atoms with Gasteiger partial charge >= 0.3 is 0 Å². The Bertz CT molecular complexity index is 842. The van der Waals surface area contributed by atoms with Crippen LogP contribution in [0, 0.1) is 0 Å². The summed E-state index contributed by atoms with van der Waals surface area (Å²) in [5.41, 5.74) is 0. The molecule has 0 radical (unpaired) electrons. The van der Waals surface area contributed by atoms with Crippen LogP contribution in [0.3, 0.4) is 0 Å². The van der Waals surface area contributed by atoms with E-state index in [9.17, 15) is 22.9 Å². The van der Waals surface area contributed by atoms with E-state index < -0.39 is 28.0 Å². The first-order chi connectivity index (χ1) is 22.8. The van der Waals surface area contributed by atoms with Gasteiger partial charge in [0, 0.05) is 6.42 Å². The summed E-state index contributed by atoms with van der Waals surface area (Å²) in [6.07, 6.45) is 43.1. The van der Waals surface area contributed by atoms with Crippen molar-refractivity contribution in [3.8, 4) is 0 Å². The fourth-order valence-electron chi connectivity index (χ4n) is 6.11. The van der Waals surface area contributed by atoms with Gasteiger partial charge in [-0.05, 0) is 32.1 Å². The molecular weight excluding hydrogens is 607 g/mol. The Hall–Kier alpha value is -1.18. The summed E-state index contributed by atoms with van der Waals surface area (Å²) in [5, 5.41) is 13.2. The van der Waals surface area contributed by atoms with Crippen molar-refractivity contribution >= 4 is 16.0 Å². The van der Waals surface area contributed by atoms with Gasteiger partial charge in [0.1, 0.15) is 0 Å². The number of carbonyl (C=O) groups excluding carboxylic acids is 1. The maximum Gasteiger partial charge on any atom is 0.267 e. The highest BCUT2D eigenvalue weighted by Crippen LogP contribution is 2.15. The number of carbonyl (C=O) groups is 1. The minimum absolute atomic E-state index is 0.286. The normalized spacial score (nSPS) is 13.5. The lowest BCUT2D eigenvalue weighted by molar-refractivity contribution is -0.122. The van der Waals surface area contributed by atoms with Gasteiger partial charge in [0.25, 0.3) is 10.1 Å². The van der Waals surface area contributed by atoms with Crippen LogP contribution in [-0.2, 0) is 14.9 Å². The lowest BCUT2D eigenvalue weighted by atomic mass is 10.0. The van der Waals surface area contributed by atoms with Crippen LogP contribution in [0.5, 0.6) is 0 Å². The molecule has 0 aliphatic carbocycles. The molecule has 2 unspecified atom stereocenters. The number of nitrogens with one attached hydrogen (secondary N) is 1. The molecule has 2 atom stereocenters. The summed E-state index contributed by atoms with van der Waals surface area (Å²) >= 11 is 0. The number of hydrogen-bond acceptors (Lipinski definition) is 4. The topological polar surface area (TPSA) is 104 Å². The molecule has 0 rings (SSSR count). The molecule has 6 nitrogen and oxygen atoms in total. The van der Waals surface area contributed by atoms with Gasteiger partial charge in [-0.2, -0.15) is 8.42 Å². The molecule has 0 aliphatic heterocycles. The Morgan fingerprint density at radius 2 is 0.915 bits per heavy atom. The molecule has 0 spiro atoms. The molecule has 0 bridgehead atoms. The molecule has 47 heavy (non-hydrogen) atoms. The molecule has 7 heteroatoms. The number of aliphatic hydroxyl groups is 1. The first kappa shape index (κ1) is 45.8. The summed E-state index contributed by atoms with van der Waals surface area (Å²) in [6, 6.07) is -1.07. The van der Waals surface area contributed by atoms with E-state index in [1.54, 1.807) is 0 Å². The second-order valence-corrected chi connectivity index (χ2v) is 15.4. The summed E-state index contributed by atoms with van der Waals surface area (Å²) in [6.45, 7) is 4.51. The maximum atomic E-state index is 12.5. The Morgan fingerprint density at radius 3 is 1.34 bits per heavy atom. The van der Waals surface area contributed by atoms with E-state index >= 15 is 0 Å². The second kappa shape index (κ2) is 34.7. The van der Waals surface area contributed by atoms with Crippen molar-refractivity contribution in [3.05, 3.63) is 24.3 Å². The maximum absolute atomic E-state index is 12.5. The van der Waals surface area contributed by atoms with Crippen LogP contribution in [-0.4, -0.2) is 41.9 Å². The Labute approximate surface area is 292 Å². The SMILES string of the molecule is CCCCCCCCC/C=C/CC/C=C/C(O)C(CS(=O)(=O)O)NC(=O)CCCCCCCCCCCCCCCCCCCCC. The van der Waals surface area contributed by atoms with E-state index in [0.29, 0.717) is 6.42 Å². The molecule has 0 aromatic carbocycles. The molecule has 0 aliphatic rings. The van der Waals surface area contributed by atoms with Gasteiger partial charge in [0.15, 0.2) is 0 Å². The van der Waals surface area contributed by atoms with Crippen LogP contribution >= 0.6 is 0 Å². The van der Waals surface area contributed by atoms with Gasteiger partial charge in [-0.1, -0.05) is 192 Å². The second-order valence-electron chi connectivity index (χ2n) is 13.9. The highest BCUT2D eigenvalue weighted by atomic mass is 32.2. The number of allylic oxidation sites excluding steroid dienone is 3. The molecule has 0 aromatic heterocycles. The minimum Gasteiger partial charge on any atom is -0.387 e. The number of amides is 1. The molecule has 278 valence electrons. The summed E-state index contributed by atoms with van der Waals surface area (Å²) in [5.74, 6) is -0.992. The van der Waals surface area contributed by atoms with E-state index in [1.807, 2.05) is 6.08 Å². The standard InChI is InChI=1S/C40H77NO5S/c1-3-5-7-9-11-13-15-17-18-19-20-21-22-24-26-28-30-32-34-36-40(43)41-38(37-47(44,45)46)39(42)35-33-31-29-27-25-23-16-14-12-10-8-6-4-2/h25,27,33,35,38-39,42H,3-24,26,28-32,34,36-37H2,1-2H3,(H,41,43)(H,44,45,46)/b27-25+,35-33+. The molecule has 3 N–H and O–H groups in total. The highest BCUT2D eigenvalue weighted by Gasteiger charge is 2.24. The highest BCUT2D eigenvalue weighted by molar-refractivity contribution is 7.85. The van der Waals surface area contributed by atoms with Crippen LogP contribution in [0.4, 0.5) is 0 Å². The minimum atomic E-state index is -4.35. The number of unbranched alkanes of at least 4 members (excludes halogenated alkanes) is 26. The van der Waals surface area contributed by atoms with Gasteiger partial charge in [0.2, 0.25) is 5.91 Å². The van der Waals surface area contributed by atoms with Crippen LogP contribution in [0.15, 0.2) is 24.3 Å². The fourth-order valence-corrected chi connectivity index (χ4v) is 6.85. The van der Waals surface area contributed by atoms with E-state index in [0.717, 1.165) is 38.5 Å². The van der Waals surface area contributed by atoms with Crippen molar-refractivity contribution in [1.29, 1.82) is 0 Å². The Balaban J connectivity index is 3.91. The summed E-state index contributed by atoms with van der Waals surface area (Å²) in [4.78, 5) is 12.5. The van der Waals surface area contributed by atoms with E-state index in [-0.39, 0.29) is 5.91 Å². The third-order valence-electron chi connectivity index (χ3n) is 9.13. The van der Waals surface area contributed by atoms with Crippen LogP contribution in [0.2, 0.25) is 0 Å². The fraction of sp³-hybridized carbons (Fsp3) is 0.875. The molecule has 1 amide bonds. The van der Waals surface area contributed by atoms with Crippen molar-refractivity contribution in [2.24, 2.45) is 0 Å². The lowest BCUT2D eigenvalue weighted by Gasteiger charge is -2.21. The van der Waals surface area contributed by atoms with E-state index in [2.05, 4.69) is 31.3 Å². The molecule has 0 aromatic rings. The molecule has 0 fully saturated rings. The van der Waals surface area contributed by atoms with Gasteiger partial charge < -0.3 is 10.4 Å². The molecular formula is C40H77NO5S. The zero-order valence-electron chi connectivity index (χ0n) is 30.9. The zero-order chi connectivity index (χ0) is 34.7. The molecule has 0 saturated carbocycles. The third kappa shape index (κ3) is 35.9. The lowest BCUT2D eigenvalue weighted by Crippen LogP contribution is -2.46. The predicted molar refractivity (Wildman–Crippen MR) is 202 cm³/mol. The molecule has 0 heterocycles. The van der Waals surface area contributed by atoms with Gasteiger partial charge in [-0.15, -0.1) is 0 Å². The Kier molecular flexibility index (Phi) is 33.8. The van der Waals surface area contributed by atoms with Gasteiger partial charge in [-0.3, -0.25) is 9.35 Å². The number of rotatable bonds is 36. The average molecular weight is 684 g/mol. The van der Waals surface area contributed by atoms with Crippen molar-refractivity contribution in [2.45, 2.75) is 219 Å². The number of hydrogen-bond donors (Lipinski definition) is 3. The Morgan fingerprint density at radius 1 is 0.553 bits per heavy atom. The molecule has 0 saturated heterocycles. The monoisotopic (exact) mass is 684 g/mol. The average Bonchev–Trinajstić information content (AvgIpc) is 3.03. The third-order valence-corrected chi connectivity index (χ3v) is 9.91.